The van der Waals surface area contributed by atoms with Crippen LogP contribution in [0.5, 0.6) is 5.75 Å². The SMILES string of the molecule is C=N/C=N\C1=C(C)C(=O)C(Nc2ccc(OC(F)(F)F)cc2)=CC1=O. The maximum absolute atomic E-state index is 12.3. The highest BCUT2D eigenvalue weighted by Crippen LogP contribution is 2.26. The number of ketones is 2. The minimum atomic E-state index is -4.79. The summed E-state index contributed by atoms with van der Waals surface area (Å²) < 4.78 is 40.1. The lowest BCUT2D eigenvalue weighted by Crippen LogP contribution is -2.21. The number of carbonyl (C=O) groups is 2. The van der Waals surface area contributed by atoms with Crippen molar-refractivity contribution in [3.8, 4) is 5.75 Å². The van der Waals surface area contributed by atoms with Gasteiger partial charge in [0.1, 0.15) is 17.8 Å². The van der Waals surface area contributed by atoms with Gasteiger partial charge in [0.05, 0.1) is 5.70 Å². The monoisotopic (exact) mass is 351 g/mol. The highest BCUT2D eigenvalue weighted by Gasteiger charge is 2.31. The first-order valence-corrected chi connectivity index (χ1v) is 6.84. The molecule has 6 nitrogen and oxygen atoms in total. The Morgan fingerprint density at radius 3 is 2.40 bits per heavy atom. The van der Waals surface area contributed by atoms with Crippen LogP contribution in [-0.2, 0) is 9.59 Å². The van der Waals surface area contributed by atoms with Gasteiger partial charge in [0.2, 0.25) is 11.6 Å². The first-order chi connectivity index (χ1) is 11.7. The average molecular weight is 351 g/mol. The Labute approximate surface area is 140 Å². The molecule has 0 saturated carbocycles. The van der Waals surface area contributed by atoms with Crippen LogP contribution in [0.15, 0.2) is 57.3 Å². The van der Waals surface area contributed by atoms with Gasteiger partial charge in [0.25, 0.3) is 0 Å². The number of anilines is 1. The molecule has 0 aliphatic heterocycles. The van der Waals surface area contributed by atoms with Crippen LogP contribution in [0.4, 0.5) is 18.9 Å². The summed E-state index contributed by atoms with van der Waals surface area (Å²) in [5, 5.41) is 2.69. The molecule has 1 aliphatic rings. The molecule has 0 atom stereocenters. The van der Waals surface area contributed by atoms with Crippen molar-refractivity contribution in [1.82, 2.24) is 0 Å². The molecule has 0 bridgehead atoms. The number of benzene rings is 1. The van der Waals surface area contributed by atoms with Crippen LogP contribution in [0.2, 0.25) is 0 Å². The summed E-state index contributed by atoms with van der Waals surface area (Å²) in [6, 6.07) is 4.74. The topological polar surface area (TPSA) is 80.1 Å². The van der Waals surface area contributed by atoms with Gasteiger partial charge in [-0.25, -0.2) is 4.99 Å². The van der Waals surface area contributed by atoms with Crippen molar-refractivity contribution >= 4 is 30.3 Å². The number of ether oxygens (including phenoxy) is 1. The average Bonchev–Trinajstić information content (AvgIpc) is 2.53. The third-order valence-corrected chi connectivity index (χ3v) is 3.08. The highest BCUT2D eigenvalue weighted by atomic mass is 19.4. The predicted octanol–water partition coefficient (Wildman–Crippen LogP) is 3.04. The van der Waals surface area contributed by atoms with Crippen LogP contribution in [0.3, 0.4) is 0 Å². The number of halogens is 3. The lowest BCUT2D eigenvalue weighted by Gasteiger charge is -2.16. The fourth-order valence-electron chi connectivity index (χ4n) is 2.01. The number of hydrogen-bond donors (Lipinski definition) is 1. The van der Waals surface area contributed by atoms with Crippen molar-refractivity contribution in [2.24, 2.45) is 9.98 Å². The normalized spacial score (nSPS) is 15.4. The van der Waals surface area contributed by atoms with Crippen LogP contribution >= 0.6 is 0 Å². The van der Waals surface area contributed by atoms with Gasteiger partial charge in [0, 0.05) is 17.3 Å². The fraction of sp³-hybridized carbons (Fsp3) is 0.125. The number of carbonyl (C=O) groups excluding carboxylic acids is 2. The molecule has 0 unspecified atom stereocenters. The molecule has 1 aromatic carbocycles. The van der Waals surface area contributed by atoms with Crippen LogP contribution in [0, 0.1) is 0 Å². The second-order valence-corrected chi connectivity index (χ2v) is 4.85. The van der Waals surface area contributed by atoms with Crippen molar-refractivity contribution in [3.05, 3.63) is 47.3 Å². The Morgan fingerprint density at radius 2 is 1.84 bits per heavy atom. The van der Waals surface area contributed by atoms with Gasteiger partial charge in [-0.15, -0.1) is 13.2 Å². The van der Waals surface area contributed by atoms with Gasteiger partial charge < -0.3 is 10.1 Å². The zero-order chi connectivity index (χ0) is 18.6. The number of nitrogens with zero attached hydrogens (tertiary/aromatic N) is 2. The Morgan fingerprint density at radius 1 is 1.20 bits per heavy atom. The second-order valence-electron chi connectivity index (χ2n) is 4.85. The molecular weight excluding hydrogens is 339 g/mol. The van der Waals surface area contributed by atoms with E-state index in [1.807, 2.05) is 0 Å². The number of alkyl halides is 3. The van der Waals surface area contributed by atoms with Crippen molar-refractivity contribution < 1.29 is 27.5 Å². The van der Waals surface area contributed by atoms with Crippen molar-refractivity contribution in [2.75, 3.05) is 5.32 Å². The second kappa shape index (κ2) is 7.12. The van der Waals surface area contributed by atoms with Gasteiger partial charge in [-0.2, -0.15) is 0 Å². The Hall–Kier alpha value is -3.23. The zero-order valence-electron chi connectivity index (χ0n) is 12.9. The van der Waals surface area contributed by atoms with E-state index in [2.05, 4.69) is 26.8 Å². The van der Waals surface area contributed by atoms with Crippen LogP contribution in [-0.4, -0.2) is 31.0 Å². The molecule has 0 radical (unpaired) electrons. The Balaban J connectivity index is 2.16. The van der Waals surface area contributed by atoms with Gasteiger partial charge in [0.15, 0.2) is 0 Å². The van der Waals surface area contributed by atoms with E-state index in [1.54, 1.807) is 0 Å². The van der Waals surface area contributed by atoms with E-state index < -0.39 is 23.7 Å². The summed E-state index contributed by atoms with van der Waals surface area (Å²) in [6.45, 7) is 4.62. The molecule has 0 amide bonds. The molecule has 25 heavy (non-hydrogen) atoms. The van der Waals surface area contributed by atoms with Gasteiger partial charge in [-0.05, 0) is 37.9 Å². The number of hydrogen-bond acceptors (Lipinski definition) is 5. The first-order valence-electron chi connectivity index (χ1n) is 6.84. The molecule has 1 aromatic rings. The van der Waals surface area contributed by atoms with E-state index in [4.69, 9.17) is 0 Å². The molecule has 0 aromatic heterocycles. The lowest BCUT2D eigenvalue weighted by atomic mass is 9.98. The molecule has 0 spiro atoms. The van der Waals surface area contributed by atoms with E-state index >= 15 is 0 Å². The first kappa shape index (κ1) is 18.1. The molecule has 9 heteroatoms. The third kappa shape index (κ3) is 4.63. The van der Waals surface area contributed by atoms with Crippen molar-refractivity contribution in [3.63, 3.8) is 0 Å². The summed E-state index contributed by atoms with van der Waals surface area (Å²) in [4.78, 5) is 31.4. The maximum Gasteiger partial charge on any atom is 0.573 e. The molecule has 2 rings (SSSR count). The number of allylic oxidation sites excluding steroid dienone is 2. The largest absolute Gasteiger partial charge is 0.573 e. The number of aliphatic imine (C=N–C) groups is 2. The summed E-state index contributed by atoms with van der Waals surface area (Å²) in [5.41, 5.74) is 0.371. The van der Waals surface area contributed by atoms with E-state index in [1.165, 1.54) is 19.1 Å². The number of nitrogens with one attached hydrogen (secondary N) is 1. The molecular formula is C16H12F3N3O3. The lowest BCUT2D eigenvalue weighted by molar-refractivity contribution is -0.274. The number of Topliss-reactive ketones (excluding diaryl/α,β-unsaturated/α-hetero) is 1. The molecule has 0 fully saturated rings. The maximum atomic E-state index is 12.3. The summed E-state index contributed by atoms with van der Waals surface area (Å²) in [6.07, 6.45) is -2.68. The van der Waals surface area contributed by atoms with Gasteiger partial charge >= 0.3 is 6.36 Å². The van der Waals surface area contributed by atoms with Crippen LogP contribution in [0.1, 0.15) is 6.92 Å². The summed E-state index contributed by atoms with van der Waals surface area (Å²) in [7, 11) is 0. The van der Waals surface area contributed by atoms with Crippen molar-refractivity contribution in [2.45, 2.75) is 13.3 Å². The van der Waals surface area contributed by atoms with Crippen LogP contribution in [0.25, 0.3) is 0 Å². The smallest absolute Gasteiger partial charge is 0.406 e. The number of rotatable bonds is 5. The minimum absolute atomic E-state index is 0.0162. The quantitative estimate of drug-likeness (QED) is 0.502. The Kier molecular flexibility index (Phi) is 5.16. The van der Waals surface area contributed by atoms with E-state index in [9.17, 15) is 22.8 Å². The van der Waals surface area contributed by atoms with E-state index in [-0.39, 0.29) is 17.0 Å². The Bertz CT molecular complexity index is 806. The standard InChI is InChI=1S/C16H12F3N3O3/c1-9-14(21-8-20-2)13(23)7-12(15(9)24)22-10-3-5-11(6-4-10)25-16(17,18)19/h3-8,22H,2H2,1H3/b21-8-. The molecule has 1 N–H and O–H groups in total. The predicted molar refractivity (Wildman–Crippen MR) is 85.6 cm³/mol. The van der Waals surface area contributed by atoms with E-state index in [0.717, 1.165) is 24.5 Å². The highest BCUT2D eigenvalue weighted by molar-refractivity contribution is 6.23. The van der Waals surface area contributed by atoms with Crippen LogP contribution < -0.4 is 10.1 Å². The molecule has 0 saturated heterocycles. The third-order valence-electron chi connectivity index (χ3n) is 3.08. The summed E-state index contributed by atoms with van der Waals surface area (Å²) in [5.74, 6) is -1.37. The molecule has 130 valence electrons. The molecule has 1 aliphatic carbocycles. The van der Waals surface area contributed by atoms with Crippen molar-refractivity contribution in [1.29, 1.82) is 0 Å². The summed E-state index contributed by atoms with van der Waals surface area (Å²) >= 11 is 0. The fourth-order valence-corrected chi connectivity index (χ4v) is 2.01. The molecule has 0 heterocycles. The van der Waals surface area contributed by atoms with Gasteiger partial charge in [-0.3, -0.25) is 14.6 Å². The minimum Gasteiger partial charge on any atom is -0.406 e. The van der Waals surface area contributed by atoms with Gasteiger partial charge in [-0.1, -0.05) is 0 Å². The zero-order valence-corrected chi connectivity index (χ0v) is 12.9. The van der Waals surface area contributed by atoms with E-state index in [0.29, 0.717) is 5.69 Å².